The van der Waals surface area contributed by atoms with Gasteiger partial charge in [-0.25, -0.2) is 4.79 Å². The fourth-order valence-corrected chi connectivity index (χ4v) is 8.84. The third-order valence-corrected chi connectivity index (χ3v) is 11.5. The van der Waals surface area contributed by atoms with Gasteiger partial charge in [-0.3, -0.25) is 14.4 Å². The van der Waals surface area contributed by atoms with E-state index in [1.54, 1.807) is 55.5 Å². The first-order chi connectivity index (χ1) is 26.9. The van der Waals surface area contributed by atoms with Crippen LogP contribution in [-0.2, 0) is 27.2 Å². The molecule has 1 aromatic heterocycles. The molecular formula is C45H39N3O5S2. The van der Waals surface area contributed by atoms with Gasteiger partial charge in [0.05, 0.1) is 17.9 Å². The zero-order valence-corrected chi connectivity index (χ0v) is 31.8. The van der Waals surface area contributed by atoms with Gasteiger partial charge in [-0.05, 0) is 96.0 Å². The van der Waals surface area contributed by atoms with Gasteiger partial charge in [-0.2, -0.15) is 0 Å². The number of hydrogen-bond acceptors (Lipinski definition) is 7. The molecule has 1 aliphatic carbocycles. The van der Waals surface area contributed by atoms with Gasteiger partial charge in [0.15, 0.2) is 0 Å². The monoisotopic (exact) mass is 765 g/mol. The van der Waals surface area contributed by atoms with Crippen molar-refractivity contribution in [1.82, 2.24) is 5.32 Å². The maximum absolute atomic E-state index is 13.8. The van der Waals surface area contributed by atoms with Crippen molar-refractivity contribution < 1.29 is 23.9 Å². The van der Waals surface area contributed by atoms with Crippen LogP contribution in [0.3, 0.4) is 0 Å². The Bertz CT molecular complexity index is 2390. The molecule has 3 N–H and O–H groups in total. The van der Waals surface area contributed by atoms with Crippen LogP contribution in [0.5, 0.6) is 0 Å². The number of carbonyl (C=O) groups excluding carboxylic acids is 4. The highest BCUT2D eigenvalue weighted by molar-refractivity contribution is 8.00. The fraction of sp³-hybridized carbons (Fsp3) is 0.156. The first-order valence-corrected chi connectivity index (χ1v) is 19.9. The minimum Gasteiger partial charge on any atom is -0.462 e. The number of ether oxygens (including phenoxy) is 1. The average molecular weight is 766 g/mol. The van der Waals surface area contributed by atoms with Crippen molar-refractivity contribution in [2.45, 2.75) is 37.0 Å². The van der Waals surface area contributed by atoms with Gasteiger partial charge in [0.25, 0.3) is 11.8 Å². The van der Waals surface area contributed by atoms with Gasteiger partial charge in [0, 0.05) is 21.0 Å². The van der Waals surface area contributed by atoms with Crippen molar-refractivity contribution in [2.75, 3.05) is 23.0 Å². The van der Waals surface area contributed by atoms with Crippen molar-refractivity contribution in [3.63, 3.8) is 0 Å². The van der Waals surface area contributed by atoms with Crippen molar-refractivity contribution in [2.24, 2.45) is 0 Å². The van der Waals surface area contributed by atoms with Gasteiger partial charge in [0.1, 0.15) is 10.7 Å². The van der Waals surface area contributed by atoms with Gasteiger partial charge in [-0.1, -0.05) is 97.1 Å². The van der Waals surface area contributed by atoms with Crippen LogP contribution >= 0.6 is 23.1 Å². The molecule has 0 fully saturated rings. The van der Waals surface area contributed by atoms with E-state index in [1.165, 1.54) is 28.7 Å². The summed E-state index contributed by atoms with van der Waals surface area (Å²) >= 11 is 2.76. The maximum atomic E-state index is 13.8. The number of thioether (sulfide) groups is 1. The zero-order chi connectivity index (χ0) is 38.1. The quantitative estimate of drug-likeness (QED) is 0.0650. The molecule has 7 rings (SSSR count). The number of carbonyl (C=O) groups is 4. The number of thiophene rings is 1. The predicted octanol–water partition coefficient (Wildman–Crippen LogP) is 9.49. The van der Waals surface area contributed by atoms with Crippen molar-refractivity contribution >= 4 is 74.3 Å². The summed E-state index contributed by atoms with van der Waals surface area (Å²) in [5, 5.41) is 11.2. The molecule has 55 heavy (non-hydrogen) atoms. The number of anilines is 2. The highest BCUT2D eigenvalue weighted by atomic mass is 32.2. The van der Waals surface area contributed by atoms with E-state index >= 15 is 0 Å². The molecule has 0 radical (unpaired) electrons. The molecule has 8 nitrogen and oxygen atoms in total. The second-order valence-electron chi connectivity index (χ2n) is 13.0. The fourth-order valence-electron chi connectivity index (χ4n) is 6.75. The first-order valence-electron chi connectivity index (χ1n) is 18.1. The van der Waals surface area contributed by atoms with Crippen molar-refractivity contribution in [3.8, 4) is 0 Å². The van der Waals surface area contributed by atoms with Gasteiger partial charge >= 0.3 is 5.97 Å². The second-order valence-corrected chi connectivity index (χ2v) is 15.2. The summed E-state index contributed by atoms with van der Waals surface area (Å²) in [5.74, 6) is -1.16. The number of esters is 1. The normalized spacial score (nSPS) is 13.8. The van der Waals surface area contributed by atoms with Crippen LogP contribution in [0, 0.1) is 0 Å². The lowest BCUT2D eigenvalue weighted by molar-refractivity contribution is -0.114. The van der Waals surface area contributed by atoms with Gasteiger partial charge in [0.2, 0.25) is 5.91 Å². The number of fused-ring (bicyclic) bond motifs is 2. The third-order valence-electron chi connectivity index (χ3n) is 9.38. The summed E-state index contributed by atoms with van der Waals surface area (Å²) < 4.78 is 5.42. The molecule has 276 valence electrons. The van der Waals surface area contributed by atoms with E-state index in [0.29, 0.717) is 27.7 Å². The standard InChI is InChI=1S/C45H39N3O5S2/c1-2-53-45(52)41-37-24-23-32(29-13-5-3-6-14-29)26-39(37)55-44(41)48-40(49)28-54-35-21-12-20-34(27-35)46-43(51)38(47-42(50)31-16-7-4-8-17-31)25-33-19-11-18-30-15-9-10-22-36(30)33/h3-22,25,27,32H,2,23-24,26,28H2,1H3,(H,46,51)(H,47,50)(H,48,49)/b38-25+. The van der Waals surface area contributed by atoms with E-state index < -0.39 is 17.8 Å². The van der Waals surface area contributed by atoms with E-state index in [4.69, 9.17) is 4.74 Å². The molecule has 10 heteroatoms. The Morgan fingerprint density at radius 3 is 2.36 bits per heavy atom. The number of amides is 3. The Labute approximate surface area is 328 Å². The Morgan fingerprint density at radius 2 is 1.56 bits per heavy atom. The molecule has 5 aromatic carbocycles. The van der Waals surface area contributed by atoms with E-state index in [-0.39, 0.29) is 24.0 Å². The largest absolute Gasteiger partial charge is 0.462 e. The molecule has 0 bridgehead atoms. The molecular weight excluding hydrogens is 727 g/mol. The minimum absolute atomic E-state index is 0.0776. The van der Waals surface area contributed by atoms with Gasteiger partial charge in [-0.15, -0.1) is 23.1 Å². The molecule has 1 heterocycles. The lowest BCUT2D eigenvalue weighted by Gasteiger charge is -2.23. The van der Waals surface area contributed by atoms with Crippen LogP contribution in [0.1, 0.15) is 61.5 Å². The Kier molecular flexibility index (Phi) is 11.8. The van der Waals surface area contributed by atoms with Crippen molar-refractivity contribution in [3.05, 3.63) is 166 Å². The number of hydrogen-bond donors (Lipinski definition) is 3. The topological polar surface area (TPSA) is 114 Å². The molecule has 1 atom stereocenters. The number of benzene rings is 5. The van der Waals surface area contributed by atoms with E-state index in [0.717, 1.165) is 50.9 Å². The van der Waals surface area contributed by atoms with Crippen LogP contribution in [0.2, 0.25) is 0 Å². The second kappa shape index (κ2) is 17.4. The third kappa shape index (κ3) is 9.05. The smallest absolute Gasteiger partial charge is 0.341 e. The maximum Gasteiger partial charge on any atom is 0.341 e. The van der Waals surface area contributed by atoms with Crippen LogP contribution in [0.15, 0.2) is 138 Å². The lowest BCUT2D eigenvalue weighted by atomic mass is 9.83. The predicted molar refractivity (Wildman–Crippen MR) is 222 cm³/mol. The molecule has 0 spiro atoms. The Hall–Kier alpha value is -5.97. The van der Waals surface area contributed by atoms with E-state index in [1.807, 2.05) is 72.8 Å². The molecule has 0 saturated carbocycles. The Balaban J connectivity index is 1.05. The number of nitrogens with one attached hydrogen (secondary N) is 3. The Morgan fingerprint density at radius 1 is 0.836 bits per heavy atom. The lowest BCUT2D eigenvalue weighted by Crippen LogP contribution is -2.30. The van der Waals surface area contributed by atoms with Crippen LogP contribution in [0.25, 0.3) is 16.8 Å². The summed E-state index contributed by atoms with van der Waals surface area (Å²) in [7, 11) is 0. The van der Waals surface area contributed by atoms with Crippen LogP contribution < -0.4 is 16.0 Å². The summed E-state index contributed by atoms with van der Waals surface area (Å²) in [4.78, 5) is 55.4. The van der Waals surface area contributed by atoms with Crippen molar-refractivity contribution in [1.29, 1.82) is 0 Å². The summed E-state index contributed by atoms with van der Waals surface area (Å²) in [6.07, 6.45) is 4.12. The van der Waals surface area contributed by atoms with Gasteiger partial charge < -0.3 is 20.7 Å². The molecule has 0 aliphatic heterocycles. The average Bonchev–Trinajstić information content (AvgIpc) is 3.57. The van der Waals surface area contributed by atoms with E-state index in [9.17, 15) is 19.2 Å². The molecule has 3 amide bonds. The molecule has 1 aliphatic rings. The summed E-state index contributed by atoms with van der Waals surface area (Å²) in [5.41, 5.74) is 4.48. The van der Waals surface area contributed by atoms with Crippen LogP contribution in [0.4, 0.5) is 10.7 Å². The molecule has 1 unspecified atom stereocenters. The molecule has 6 aromatic rings. The summed E-state index contributed by atoms with van der Waals surface area (Å²) in [6, 6.07) is 39.9. The highest BCUT2D eigenvalue weighted by Crippen LogP contribution is 2.43. The minimum atomic E-state index is -0.500. The first kappa shape index (κ1) is 37.3. The highest BCUT2D eigenvalue weighted by Gasteiger charge is 2.31. The van der Waals surface area contributed by atoms with E-state index in [2.05, 4.69) is 28.1 Å². The zero-order valence-electron chi connectivity index (χ0n) is 30.2. The number of rotatable bonds is 12. The SMILES string of the molecule is CCOC(=O)c1c(NC(=O)CSc2cccc(NC(=O)/C(=C\c3cccc4ccccc34)NC(=O)c3ccccc3)c2)sc2c1CCC(c1ccccc1)C2. The van der Waals surface area contributed by atoms with Crippen LogP contribution in [-0.4, -0.2) is 36.1 Å². The summed E-state index contributed by atoms with van der Waals surface area (Å²) in [6.45, 7) is 2.02. The molecule has 0 saturated heterocycles.